The molecule has 0 spiro atoms. The molecular formula is C15H19N5O2. The van der Waals surface area contributed by atoms with Crippen molar-refractivity contribution in [2.45, 2.75) is 12.6 Å². The van der Waals surface area contributed by atoms with Crippen molar-refractivity contribution in [2.75, 3.05) is 24.6 Å². The van der Waals surface area contributed by atoms with Crippen molar-refractivity contribution in [3.63, 3.8) is 0 Å². The van der Waals surface area contributed by atoms with Crippen LogP contribution in [0.5, 0.6) is 0 Å². The van der Waals surface area contributed by atoms with E-state index in [4.69, 9.17) is 4.74 Å². The Bertz CT molecular complexity index is 628. The molecular weight excluding hydrogens is 282 g/mol. The molecule has 1 atom stereocenters. The number of carbonyl (C=O) groups is 1. The van der Waals surface area contributed by atoms with E-state index in [0.29, 0.717) is 19.7 Å². The molecule has 3 heterocycles. The van der Waals surface area contributed by atoms with Gasteiger partial charge in [0.2, 0.25) is 0 Å². The third kappa shape index (κ3) is 3.25. The Hall–Kier alpha value is -2.41. The molecule has 0 aromatic carbocycles. The number of anilines is 1. The van der Waals surface area contributed by atoms with Gasteiger partial charge in [0.1, 0.15) is 5.82 Å². The first-order valence-electron chi connectivity index (χ1n) is 7.24. The van der Waals surface area contributed by atoms with Gasteiger partial charge in [-0.2, -0.15) is 0 Å². The number of amides is 1. The van der Waals surface area contributed by atoms with Gasteiger partial charge in [-0.15, -0.1) is 0 Å². The molecule has 1 aliphatic rings. The van der Waals surface area contributed by atoms with Crippen LogP contribution in [0, 0.1) is 0 Å². The Morgan fingerprint density at radius 3 is 2.95 bits per heavy atom. The Kier molecular flexibility index (Phi) is 4.34. The largest absolute Gasteiger partial charge is 0.366 e. The minimum atomic E-state index is -0.470. The van der Waals surface area contributed by atoms with Crippen LogP contribution in [0.4, 0.5) is 5.69 Å². The van der Waals surface area contributed by atoms with Crippen LogP contribution in [-0.2, 0) is 23.1 Å². The second-order valence-corrected chi connectivity index (χ2v) is 5.18. The fourth-order valence-electron chi connectivity index (χ4n) is 2.44. The van der Waals surface area contributed by atoms with E-state index >= 15 is 0 Å². The maximum Gasteiger partial charge on any atom is 0.251 e. The van der Waals surface area contributed by atoms with E-state index in [1.165, 1.54) is 0 Å². The second kappa shape index (κ2) is 6.57. The number of rotatable bonds is 4. The minimum absolute atomic E-state index is 0.109. The Labute approximate surface area is 128 Å². The molecule has 7 nitrogen and oxygen atoms in total. The number of hydrogen-bond donors (Lipinski definition) is 1. The highest BCUT2D eigenvalue weighted by molar-refractivity contribution is 5.81. The maximum absolute atomic E-state index is 12.3. The predicted molar refractivity (Wildman–Crippen MR) is 81.2 cm³/mol. The number of pyridine rings is 1. The molecule has 1 aliphatic heterocycles. The number of hydrogen-bond acceptors (Lipinski definition) is 5. The molecule has 1 N–H and O–H groups in total. The Balaban J connectivity index is 1.57. The van der Waals surface area contributed by atoms with Crippen molar-refractivity contribution in [2.24, 2.45) is 7.05 Å². The average Bonchev–Trinajstić information content (AvgIpc) is 2.99. The zero-order valence-electron chi connectivity index (χ0n) is 12.5. The molecule has 0 radical (unpaired) electrons. The van der Waals surface area contributed by atoms with E-state index in [-0.39, 0.29) is 5.91 Å². The number of morpholine rings is 1. The molecule has 2 aromatic rings. The summed E-state index contributed by atoms with van der Waals surface area (Å²) >= 11 is 0. The minimum Gasteiger partial charge on any atom is -0.366 e. The molecule has 0 aliphatic carbocycles. The van der Waals surface area contributed by atoms with E-state index in [2.05, 4.69) is 20.2 Å². The van der Waals surface area contributed by atoms with Crippen molar-refractivity contribution < 1.29 is 9.53 Å². The van der Waals surface area contributed by atoms with Crippen molar-refractivity contribution in [3.8, 4) is 0 Å². The average molecular weight is 301 g/mol. The van der Waals surface area contributed by atoms with Crippen molar-refractivity contribution in [1.29, 1.82) is 0 Å². The summed E-state index contributed by atoms with van der Waals surface area (Å²) in [5.74, 6) is 0.705. The number of aryl methyl sites for hydroxylation is 1. The first-order valence-corrected chi connectivity index (χ1v) is 7.24. The normalized spacial score (nSPS) is 18.2. The highest BCUT2D eigenvalue weighted by atomic mass is 16.5. The number of nitrogens with zero attached hydrogens (tertiary/aromatic N) is 4. The fourth-order valence-corrected chi connectivity index (χ4v) is 2.44. The standard InChI is InChI=1S/C15H19N5O2/c1-19-7-6-17-14(19)10-18-15(21)13-11-20(8-9-22-13)12-2-4-16-5-3-12/h2-7,13H,8-11H2,1H3,(H,18,21)/t13-/m1/s1. The van der Waals surface area contributed by atoms with Crippen LogP contribution in [-0.4, -0.2) is 46.2 Å². The van der Waals surface area contributed by atoms with Gasteiger partial charge in [0.05, 0.1) is 19.7 Å². The van der Waals surface area contributed by atoms with E-state index < -0.39 is 6.10 Å². The van der Waals surface area contributed by atoms with Crippen LogP contribution in [0.2, 0.25) is 0 Å². The third-order valence-corrected chi connectivity index (χ3v) is 3.73. The van der Waals surface area contributed by atoms with Crippen LogP contribution < -0.4 is 10.2 Å². The first-order chi connectivity index (χ1) is 10.7. The molecule has 0 saturated carbocycles. The number of nitrogens with one attached hydrogen (secondary N) is 1. The molecule has 0 unspecified atom stereocenters. The van der Waals surface area contributed by atoms with E-state index in [9.17, 15) is 4.79 Å². The van der Waals surface area contributed by atoms with Gasteiger partial charge in [-0.1, -0.05) is 0 Å². The molecule has 7 heteroatoms. The van der Waals surface area contributed by atoms with Crippen LogP contribution in [0.1, 0.15) is 5.82 Å². The topological polar surface area (TPSA) is 72.3 Å². The lowest BCUT2D eigenvalue weighted by Crippen LogP contribution is -2.49. The van der Waals surface area contributed by atoms with E-state index in [1.54, 1.807) is 18.6 Å². The maximum atomic E-state index is 12.3. The quantitative estimate of drug-likeness (QED) is 0.881. The highest BCUT2D eigenvalue weighted by Gasteiger charge is 2.26. The molecule has 1 saturated heterocycles. The van der Waals surface area contributed by atoms with Crippen molar-refractivity contribution in [3.05, 3.63) is 42.7 Å². The lowest BCUT2D eigenvalue weighted by molar-refractivity contribution is -0.133. The molecule has 0 bridgehead atoms. The van der Waals surface area contributed by atoms with Gasteiger partial charge in [-0.3, -0.25) is 9.78 Å². The summed E-state index contributed by atoms with van der Waals surface area (Å²) in [7, 11) is 1.90. The summed E-state index contributed by atoms with van der Waals surface area (Å²) in [5, 5.41) is 2.88. The van der Waals surface area contributed by atoms with Gasteiger partial charge in [-0.05, 0) is 12.1 Å². The highest BCUT2D eigenvalue weighted by Crippen LogP contribution is 2.16. The summed E-state index contributed by atoms with van der Waals surface area (Å²) in [6, 6.07) is 3.88. The lowest BCUT2D eigenvalue weighted by Gasteiger charge is -2.33. The first kappa shape index (κ1) is 14.5. The van der Waals surface area contributed by atoms with Gasteiger partial charge in [0, 0.05) is 44.1 Å². The number of carbonyl (C=O) groups excluding carboxylic acids is 1. The summed E-state index contributed by atoms with van der Waals surface area (Å²) in [6.45, 7) is 2.24. The third-order valence-electron chi connectivity index (χ3n) is 3.73. The fraction of sp³-hybridized carbons (Fsp3) is 0.400. The van der Waals surface area contributed by atoms with E-state index in [0.717, 1.165) is 18.1 Å². The van der Waals surface area contributed by atoms with Crippen molar-refractivity contribution >= 4 is 11.6 Å². The molecule has 1 amide bonds. The molecule has 22 heavy (non-hydrogen) atoms. The Morgan fingerprint density at radius 1 is 1.41 bits per heavy atom. The molecule has 1 fully saturated rings. The summed E-state index contributed by atoms with van der Waals surface area (Å²) < 4.78 is 7.48. The monoisotopic (exact) mass is 301 g/mol. The van der Waals surface area contributed by atoms with E-state index in [1.807, 2.05) is 29.9 Å². The van der Waals surface area contributed by atoms with Gasteiger partial charge in [0.15, 0.2) is 6.10 Å². The summed E-state index contributed by atoms with van der Waals surface area (Å²) in [4.78, 5) is 22.6. The van der Waals surface area contributed by atoms with Gasteiger partial charge in [0.25, 0.3) is 5.91 Å². The predicted octanol–water partition coefficient (Wildman–Crippen LogP) is 0.337. The zero-order chi connectivity index (χ0) is 15.4. The smallest absolute Gasteiger partial charge is 0.251 e. The molecule has 116 valence electrons. The zero-order valence-corrected chi connectivity index (χ0v) is 12.5. The van der Waals surface area contributed by atoms with Gasteiger partial charge < -0.3 is 19.5 Å². The summed E-state index contributed by atoms with van der Waals surface area (Å²) in [6.07, 6.45) is 6.59. The summed E-state index contributed by atoms with van der Waals surface area (Å²) in [5.41, 5.74) is 1.06. The number of aromatic nitrogens is 3. The molecule has 2 aromatic heterocycles. The Morgan fingerprint density at radius 2 is 2.23 bits per heavy atom. The van der Waals surface area contributed by atoms with Crippen LogP contribution in [0.25, 0.3) is 0 Å². The van der Waals surface area contributed by atoms with Crippen LogP contribution in [0.15, 0.2) is 36.9 Å². The van der Waals surface area contributed by atoms with Crippen molar-refractivity contribution in [1.82, 2.24) is 19.9 Å². The van der Waals surface area contributed by atoms with Gasteiger partial charge >= 0.3 is 0 Å². The molecule has 3 rings (SSSR count). The SMILES string of the molecule is Cn1ccnc1CNC(=O)[C@H]1CN(c2ccncc2)CCO1. The van der Waals surface area contributed by atoms with Gasteiger partial charge in [-0.25, -0.2) is 4.98 Å². The van der Waals surface area contributed by atoms with Crippen LogP contribution >= 0.6 is 0 Å². The second-order valence-electron chi connectivity index (χ2n) is 5.18. The number of ether oxygens (including phenoxy) is 1. The lowest BCUT2D eigenvalue weighted by atomic mass is 10.2. The number of imidazole rings is 1. The van der Waals surface area contributed by atoms with Crippen LogP contribution in [0.3, 0.4) is 0 Å².